The topological polar surface area (TPSA) is 124 Å². The maximum Gasteiger partial charge on any atom is 0.260 e. The number of benzene rings is 1. The number of alkyl halides is 2. The van der Waals surface area contributed by atoms with E-state index in [4.69, 9.17) is 0 Å². The van der Waals surface area contributed by atoms with Crippen LogP contribution in [0.2, 0.25) is 0 Å². The monoisotopic (exact) mass is 590 g/mol. The molecule has 10 nitrogen and oxygen atoms in total. The number of fused-ring (bicyclic) bond motifs is 1. The van der Waals surface area contributed by atoms with Gasteiger partial charge in [0.15, 0.2) is 5.65 Å². The van der Waals surface area contributed by atoms with Gasteiger partial charge >= 0.3 is 0 Å². The average molecular weight is 591 g/mol. The van der Waals surface area contributed by atoms with Crippen molar-refractivity contribution in [2.45, 2.75) is 60.8 Å². The van der Waals surface area contributed by atoms with Crippen LogP contribution in [0, 0.1) is 12.8 Å². The highest BCUT2D eigenvalue weighted by molar-refractivity contribution is 7.99. The van der Waals surface area contributed by atoms with Crippen molar-refractivity contribution >= 4 is 51.9 Å². The van der Waals surface area contributed by atoms with Crippen LogP contribution in [0.25, 0.3) is 22.4 Å². The summed E-state index contributed by atoms with van der Waals surface area (Å²) in [6.45, 7) is 13.8. The second-order valence-corrected chi connectivity index (χ2v) is 9.03. The Kier molecular flexibility index (Phi) is 12.1. The molecule has 5 rings (SSSR count). The van der Waals surface area contributed by atoms with E-state index in [-0.39, 0.29) is 5.82 Å². The molecular weight excluding hydrogens is 550 g/mol. The lowest BCUT2D eigenvalue weighted by Crippen LogP contribution is -2.18. The van der Waals surface area contributed by atoms with E-state index in [0.29, 0.717) is 34.1 Å². The molecule has 1 saturated carbocycles. The van der Waals surface area contributed by atoms with Crippen LogP contribution >= 0.6 is 11.9 Å². The van der Waals surface area contributed by atoms with Gasteiger partial charge in [-0.3, -0.25) is 10.0 Å². The van der Waals surface area contributed by atoms with Crippen molar-refractivity contribution in [1.82, 2.24) is 24.5 Å². The van der Waals surface area contributed by atoms with Gasteiger partial charge in [0, 0.05) is 37.6 Å². The minimum absolute atomic E-state index is 0.0941. The second kappa shape index (κ2) is 14.8. The number of anilines is 4. The number of pyridine rings is 1. The molecule has 13 heteroatoms. The summed E-state index contributed by atoms with van der Waals surface area (Å²) in [6, 6.07) is 6.97. The maximum absolute atomic E-state index is 13.3. The van der Waals surface area contributed by atoms with E-state index in [1.165, 1.54) is 6.07 Å². The number of rotatable bonds is 7. The Balaban J connectivity index is 0.000000921. The van der Waals surface area contributed by atoms with E-state index in [2.05, 4.69) is 30.6 Å². The molecule has 1 fully saturated rings. The Bertz CT molecular complexity index is 1440. The number of hydrogen-bond donors (Lipinski definition) is 4. The number of nitrogens with zero attached hydrogens (tertiary/aromatic N) is 5. The van der Waals surface area contributed by atoms with Gasteiger partial charge in [-0.1, -0.05) is 47.6 Å². The number of carbonyl (C=O) groups excluding carboxylic acids is 1. The first-order chi connectivity index (χ1) is 19.6. The second-order valence-electron chi connectivity index (χ2n) is 8.32. The fourth-order valence-electron chi connectivity index (χ4n) is 3.74. The van der Waals surface area contributed by atoms with Gasteiger partial charge in [-0.25, -0.2) is 23.7 Å². The van der Waals surface area contributed by atoms with Crippen molar-refractivity contribution < 1.29 is 18.8 Å². The molecule has 0 aliphatic heterocycles. The highest BCUT2D eigenvalue weighted by atomic mass is 32.2. The van der Waals surface area contributed by atoms with Gasteiger partial charge in [-0.05, 0) is 31.0 Å². The van der Waals surface area contributed by atoms with E-state index in [1.807, 2.05) is 65.4 Å². The lowest BCUT2D eigenvalue weighted by molar-refractivity contribution is -0.119. The fraction of sp³-hybridized carbons (Fsp3) is 0.429. The number of nitrogens with one attached hydrogen (secondary N) is 3. The Labute approximate surface area is 244 Å². The molecule has 224 valence electrons. The summed E-state index contributed by atoms with van der Waals surface area (Å²) in [5, 5.41) is 16.3. The number of halogens is 2. The first-order valence-corrected chi connectivity index (χ1v) is 14.8. The summed E-state index contributed by atoms with van der Waals surface area (Å²) < 4.78 is 29.5. The van der Waals surface area contributed by atoms with Crippen LogP contribution in [-0.4, -0.2) is 47.8 Å². The first kappa shape index (κ1) is 33.5. The minimum Gasteiger partial charge on any atom is -0.352 e. The molecule has 41 heavy (non-hydrogen) atoms. The molecule has 1 amide bonds. The quantitative estimate of drug-likeness (QED) is 0.128. The van der Waals surface area contributed by atoms with Gasteiger partial charge in [0.05, 0.1) is 23.4 Å². The zero-order valence-electron chi connectivity index (χ0n) is 25.0. The number of aromatic amines is 1. The van der Waals surface area contributed by atoms with Crippen LogP contribution in [0.4, 0.5) is 31.7 Å². The number of imidazole rings is 2. The zero-order chi connectivity index (χ0) is 30.9. The van der Waals surface area contributed by atoms with Crippen LogP contribution in [0.5, 0.6) is 0 Å². The summed E-state index contributed by atoms with van der Waals surface area (Å²) in [6.07, 6.45) is 4.81. The van der Waals surface area contributed by atoms with Gasteiger partial charge in [-0.15, -0.1) is 0 Å². The minimum atomic E-state index is -2.98. The molecule has 3 aromatic heterocycles. The van der Waals surface area contributed by atoms with E-state index in [9.17, 15) is 18.8 Å². The molecule has 1 unspecified atom stereocenters. The predicted molar refractivity (Wildman–Crippen MR) is 164 cm³/mol. The van der Waals surface area contributed by atoms with Crippen molar-refractivity contribution in [2.24, 2.45) is 13.0 Å². The normalized spacial score (nSPS) is 14.4. The third kappa shape index (κ3) is 7.94. The van der Waals surface area contributed by atoms with E-state index in [1.54, 1.807) is 31.6 Å². The van der Waals surface area contributed by atoms with E-state index < -0.39 is 24.2 Å². The summed E-state index contributed by atoms with van der Waals surface area (Å²) in [4.78, 5) is 28.3. The Morgan fingerprint density at radius 2 is 1.80 bits per heavy atom. The molecule has 4 aromatic rings. The molecule has 0 saturated heterocycles. The molecule has 1 atom stereocenters. The zero-order valence-corrected chi connectivity index (χ0v) is 25.8. The van der Waals surface area contributed by atoms with Crippen molar-refractivity contribution in [3.05, 3.63) is 42.6 Å². The lowest BCUT2D eigenvalue weighted by Gasteiger charge is -2.19. The van der Waals surface area contributed by atoms with E-state index in [0.717, 1.165) is 27.7 Å². The summed E-state index contributed by atoms with van der Waals surface area (Å²) >= 11 is 1.10. The number of aryl methyl sites for hydroxylation is 2. The standard InChI is InChI=1S/C22H22F2N8O2S.3C2H6/c1-11-26-19-15(7-18(29-20(19)27-11)30-21(33)13-8-22(13,23)24)28-14-5-4-12(6-17(14)32(34)35-3)16-9-31(2)10-25-16;3*1-2/h4-7,9-10,13,34H,8H2,1-3H3,(H3,26,27,28,29,30,33);3*1-2H3. The number of H-pyrrole nitrogens is 1. The molecule has 1 aromatic carbocycles. The predicted octanol–water partition coefficient (Wildman–Crippen LogP) is 7.56. The van der Waals surface area contributed by atoms with Gasteiger partial charge in [0.1, 0.15) is 28.8 Å². The summed E-state index contributed by atoms with van der Waals surface area (Å²) in [5.74, 6) is -4.44. The Hall–Kier alpha value is -3.71. The van der Waals surface area contributed by atoms with Crippen LogP contribution < -0.4 is 15.1 Å². The van der Waals surface area contributed by atoms with Crippen LogP contribution in [0.15, 0.2) is 36.8 Å². The van der Waals surface area contributed by atoms with Crippen LogP contribution in [0.3, 0.4) is 0 Å². The van der Waals surface area contributed by atoms with Crippen molar-refractivity contribution in [1.29, 1.82) is 0 Å². The SMILES string of the molecule is CC.CC.CC.CSN(O)c1cc(-c2cn(C)cn2)ccc1Nc1cc(NC(=O)C2CC2(F)F)nc2nc(C)[nH]c12. The van der Waals surface area contributed by atoms with Crippen molar-refractivity contribution in [3.8, 4) is 11.3 Å². The molecular formula is C28H40F2N8O2S. The Morgan fingerprint density at radius 3 is 2.37 bits per heavy atom. The van der Waals surface area contributed by atoms with Gasteiger partial charge < -0.3 is 20.2 Å². The van der Waals surface area contributed by atoms with Crippen LogP contribution in [0.1, 0.15) is 53.8 Å². The first-order valence-electron chi connectivity index (χ1n) is 13.6. The molecule has 3 heterocycles. The highest BCUT2D eigenvalue weighted by Gasteiger charge is 2.61. The molecule has 4 N–H and O–H groups in total. The molecule has 1 aliphatic carbocycles. The number of amides is 1. The summed E-state index contributed by atoms with van der Waals surface area (Å²) in [7, 11) is 1.87. The Morgan fingerprint density at radius 1 is 1.15 bits per heavy atom. The third-order valence-corrected chi connectivity index (χ3v) is 6.16. The van der Waals surface area contributed by atoms with E-state index >= 15 is 0 Å². The summed E-state index contributed by atoms with van der Waals surface area (Å²) in [5.41, 5.74) is 3.92. The average Bonchev–Trinajstić information content (AvgIpc) is 3.25. The van der Waals surface area contributed by atoms with Crippen molar-refractivity contribution in [3.63, 3.8) is 0 Å². The number of carbonyl (C=O) groups is 1. The van der Waals surface area contributed by atoms with Crippen LogP contribution in [-0.2, 0) is 11.8 Å². The largest absolute Gasteiger partial charge is 0.352 e. The third-order valence-electron chi connectivity index (χ3n) is 5.62. The van der Waals surface area contributed by atoms with Gasteiger partial charge in [0.2, 0.25) is 5.91 Å². The van der Waals surface area contributed by atoms with Crippen molar-refractivity contribution in [2.75, 3.05) is 21.4 Å². The fourth-order valence-corrected chi connectivity index (χ4v) is 4.09. The molecule has 0 spiro atoms. The molecule has 1 aliphatic rings. The highest BCUT2D eigenvalue weighted by Crippen LogP contribution is 2.49. The number of aromatic nitrogens is 5. The number of hydrogen-bond acceptors (Lipinski definition) is 8. The molecule has 0 bridgehead atoms. The molecule has 0 radical (unpaired) electrons. The van der Waals surface area contributed by atoms with Gasteiger partial charge in [-0.2, -0.15) is 4.47 Å². The maximum atomic E-state index is 13.3. The lowest BCUT2D eigenvalue weighted by atomic mass is 10.1. The van der Waals surface area contributed by atoms with Gasteiger partial charge in [0.25, 0.3) is 5.92 Å². The smallest absolute Gasteiger partial charge is 0.260 e.